The number of aromatic nitrogens is 1. The number of phenolic OH excluding ortho intramolecular Hbond substituents is 1. The lowest BCUT2D eigenvalue weighted by Crippen LogP contribution is -2.37. The second kappa shape index (κ2) is 7.05. The minimum Gasteiger partial charge on any atom is -0.508 e. The molecule has 2 heterocycles. The van der Waals surface area contributed by atoms with E-state index >= 15 is 0 Å². The molecule has 128 valence electrons. The number of rotatable bonds is 3. The second-order valence-corrected chi connectivity index (χ2v) is 6.90. The number of benzene rings is 1. The standard InChI is InChI=1S/C17H19Cl2N3O2/c18-13-8-12(15(23)9-14(13)19)17(20)10-2-5-22(6-3-10)11-1-4-21-16(24)7-11/h1,4,7-10,17,23H,2-3,5-6,20H2,(H,21,24)/t17-/m1/s1. The molecule has 24 heavy (non-hydrogen) atoms. The van der Waals surface area contributed by atoms with Crippen molar-refractivity contribution < 1.29 is 5.11 Å². The van der Waals surface area contributed by atoms with Crippen molar-refractivity contribution in [3.63, 3.8) is 0 Å². The first kappa shape index (κ1) is 17.1. The van der Waals surface area contributed by atoms with Crippen LogP contribution in [0.5, 0.6) is 5.75 Å². The smallest absolute Gasteiger partial charge is 0.249 e. The van der Waals surface area contributed by atoms with Crippen LogP contribution in [-0.4, -0.2) is 23.2 Å². The van der Waals surface area contributed by atoms with Crippen molar-refractivity contribution in [2.45, 2.75) is 18.9 Å². The van der Waals surface area contributed by atoms with Crippen LogP contribution in [0.3, 0.4) is 0 Å². The monoisotopic (exact) mass is 367 g/mol. The largest absolute Gasteiger partial charge is 0.508 e. The maximum atomic E-state index is 11.4. The lowest BCUT2D eigenvalue weighted by atomic mass is 9.85. The van der Waals surface area contributed by atoms with Crippen LogP contribution in [0.1, 0.15) is 24.4 Å². The van der Waals surface area contributed by atoms with Gasteiger partial charge >= 0.3 is 0 Å². The van der Waals surface area contributed by atoms with E-state index in [1.807, 2.05) is 6.07 Å². The van der Waals surface area contributed by atoms with Gasteiger partial charge in [-0.1, -0.05) is 23.2 Å². The van der Waals surface area contributed by atoms with Gasteiger partial charge in [-0.15, -0.1) is 0 Å². The van der Waals surface area contributed by atoms with Crippen molar-refractivity contribution in [2.75, 3.05) is 18.0 Å². The average molecular weight is 368 g/mol. The number of nitrogens with two attached hydrogens (primary N) is 1. The molecule has 1 saturated heterocycles. The second-order valence-electron chi connectivity index (χ2n) is 6.09. The first-order chi connectivity index (χ1) is 11.5. The van der Waals surface area contributed by atoms with E-state index in [0.29, 0.717) is 15.6 Å². The molecular formula is C17H19Cl2N3O2. The minimum absolute atomic E-state index is 0.0777. The van der Waals surface area contributed by atoms with Gasteiger partial charge in [-0.25, -0.2) is 0 Å². The fourth-order valence-corrected chi connectivity index (χ4v) is 3.55. The number of nitrogens with one attached hydrogen (secondary N) is 1. The molecule has 1 aromatic carbocycles. The predicted octanol–water partition coefficient (Wildman–Crippen LogP) is 3.30. The molecule has 0 saturated carbocycles. The van der Waals surface area contributed by atoms with Crippen molar-refractivity contribution >= 4 is 28.9 Å². The van der Waals surface area contributed by atoms with E-state index in [-0.39, 0.29) is 23.3 Å². The third-order valence-corrected chi connectivity index (χ3v) is 5.32. The van der Waals surface area contributed by atoms with Crippen molar-refractivity contribution in [1.29, 1.82) is 0 Å². The first-order valence-electron chi connectivity index (χ1n) is 7.83. The summed E-state index contributed by atoms with van der Waals surface area (Å²) in [4.78, 5) is 16.2. The number of aromatic amines is 1. The molecule has 0 aliphatic carbocycles. The number of phenols is 1. The van der Waals surface area contributed by atoms with Crippen LogP contribution in [0.25, 0.3) is 0 Å². The highest BCUT2D eigenvalue weighted by atomic mass is 35.5. The number of nitrogens with zero attached hydrogens (tertiary/aromatic N) is 1. The summed E-state index contributed by atoms with van der Waals surface area (Å²) in [6.07, 6.45) is 3.39. The zero-order chi connectivity index (χ0) is 17.3. The average Bonchev–Trinajstić information content (AvgIpc) is 2.58. The van der Waals surface area contributed by atoms with Crippen molar-refractivity contribution in [2.24, 2.45) is 11.7 Å². The van der Waals surface area contributed by atoms with E-state index in [9.17, 15) is 9.90 Å². The Bertz CT molecular complexity index is 786. The molecule has 0 bridgehead atoms. The van der Waals surface area contributed by atoms with Crippen LogP contribution < -0.4 is 16.2 Å². The molecule has 1 atom stereocenters. The Kier molecular flexibility index (Phi) is 5.04. The van der Waals surface area contributed by atoms with E-state index < -0.39 is 0 Å². The third kappa shape index (κ3) is 3.53. The van der Waals surface area contributed by atoms with Crippen LogP contribution in [0.4, 0.5) is 5.69 Å². The maximum absolute atomic E-state index is 11.4. The van der Waals surface area contributed by atoms with Crippen molar-refractivity contribution in [3.05, 3.63) is 56.4 Å². The summed E-state index contributed by atoms with van der Waals surface area (Å²) in [6, 6.07) is 6.27. The Labute approximate surface area is 150 Å². The zero-order valence-corrected chi connectivity index (χ0v) is 14.5. The highest BCUT2D eigenvalue weighted by molar-refractivity contribution is 6.42. The third-order valence-electron chi connectivity index (χ3n) is 4.60. The molecule has 5 nitrogen and oxygen atoms in total. The highest BCUT2D eigenvalue weighted by Gasteiger charge is 2.27. The topological polar surface area (TPSA) is 82.3 Å². The van der Waals surface area contributed by atoms with Gasteiger partial charge in [-0.2, -0.15) is 0 Å². The van der Waals surface area contributed by atoms with E-state index in [0.717, 1.165) is 31.6 Å². The lowest BCUT2D eigenvalue weighted by molar-refractivity contribution is 0.337. The van der Waals surface area contributed by atoms with Crippen molar-refractivity contribution in [3.8, 4) is 5.75 Å². The van der Waals surface area contributed by atoms with Gasteiger partial charge in [0.25, 0.3) is 0 Å². The number of hydrogen-bond acceptors (Lipinski definition) is 4. The van der Waals surface area contributed by atoms with Crippen LogP contribution in [0.15, 0.2) is 35.3 Å². The number of halogens is 2. The summed E-state index contributed by atoms with van der Waals surface area (Å²) in [5.74, 6) is 0.306. The summed E-state index contributed by atoms with van der Waals surface area (Å²) < 4.78 is 0. The normalized spacial score (nSPS) is 17.0. The van der Waals surface area contributed by atoms with Gasteiger partial charge in [0, 0.05) is 48.7 Å². The number of hydrogen-bond donors (Lipinski definition) is 3. The Balaban J connectivity index is 1.70. The quantitative estimate of drug-likeness (QED) is 0.776. The van der Waals surface area contributed by atoms with Crippen LogP contribution in [-0.2, 0) is 0 Å². The molecule has 0 amide bonds. The van der Waals surface area contributed by atoms with Gasteiger partial charge in [0.15, 0.2) is 0 Å². The van der Waals surface area contributed by atoms with E-state index in [2.05, 4.69) is 9.88 Å². The molecule has 1 fully saturated rings. The molecule has 2 aromatic rings. The maximum Gasteiger partial charge on any atom is 0.249 e. The molecule has 3 rings (SSSR count). The molecule has 1 aromatic heterocycles. The first-order valence-corrected chi connectivity index (χ1v) is 8.58. The molecule has 7 heteroatoms. The number of anilines is 1. The zero-order valence-electron chi connectivity index (χ0n) is 13.0. The Morgan fingerprint density at radius 3 is 2.54 bits per heavy atom. The summed E-state index contributed by atoms with van der Waals surface area (Å²) in [5, 5.41) is 10.8. The summed E-state index contributed by atoms with van der Waals surface area (Å²) in [6.45, 7) is 1.62. The summed E-state index contributed by atoms with van der Waals surface area (Å²) >= 11 is 12.0. The molecule has 4 N–H and O–H groups in total. The van der Waals surface area contributed by atoms with Gasteiger partial charge < -0.3 is 20.7 Å². The summed E-state index contributed by atoms with van der Waals surface area (Å²) in [7, 11) is 0. The number of aromatic hydroxyl groups is 1. The van der Waals surface area contributed by atoms with E-state index in [1.54, 1.807) is 18.3 Å². The lowest BCUT2D eigenvalue weighted by Gasteiger charge is -2.36. The molecule has 0 unspecified atom stereocenters. The Hall–Kier alpha value is -1.69. The van der Waals surface area contributed by atoms with E-state index in [4.69, 9.17) is 28.9 Å². The van der Waals surface area contributed by atoms with E-state index in [1.165, 1.54) is 6.07 Å². The van der Waals surface area contributed by atoms with Gasteiger partial charge in [0.1, 0.15) is 5.75 Å². The minimum atomic E-state index is -0.305. The van der Waals surface area contributed by atoms with Gasteiger partial charge in [-0.05, 0) is 30.9 Å². The fourth-order valence-electron chi connectivity index (χ4n) is 3.22. The van der Waals surface area contributed by atoms with Gasteiger partial charge in [-0.3, -0.25) is 4.79 Å². The SMILES string of the molecule is N[C@@H](c1cc(Cl)c(Cl)cc1O)C1CCN(c2cc[nH]c(=O)c2)CC1. The molecular weight excluding hydrogens is 349 g/mol. The highest BCUT2D eigenvalue weighted by Crippen LogP contribution is 2.38. The fraction of sp³-hybridized carbons (Fsp3) is 0.353. The van der Waals surface area contributed by atoms with Gasteiger partial charge in [0.05, 0.1) is 10.0 Å². The number of pyridine rings is 1. The summed E-state index contributed by atoms with van der Waals surface area (Å²) in [5.41, 5.74) is 7.80. The molecule has 1 aliphatic rings. The van der Waals surface area contributed by atoms with Gasteiger partial charge in [0.2, 0.25) is 5.56 Å². The van der Waals surface area contributed by atoms with Crippen LogP contribution in [0, 0.1) is 5.92 Å². The van der Waals surface area contributed by atoms with Crippen molar-refractivity contribution in [1.82, 2.24) is 4.98 Å². The Morgan fingerprint density at radius 2 is 1.88 bits per heavy atom. The van der Waals surface area contributed by atoms with Crippen LogP contribution in [0.2, 0.25) is 10.0 Å². The Morgan fingerprint density at radius 1 is 1.21 bits per heavy atom. The van der Waals surface area contributed by atoms with Crippen LogP contribution >= 0.6 is 23.2 Å². The molecule has 0 spiro atoms. The number of piperidine rings is 1. The molecule has 0 radical (unpaired) electrons. The number of H-pyrrole nitrogens is 1. The molecule has 1 aliphatic heterocycles. The predicted molar refractivity (Wildman–Crippen MR) is 97.1 cm³/mol.